The van der Waals surface area contributed by atoms with Crippen LogP contribution >= 0.6 is 0 Å². The predicted molar refractivity (Wildman–Crippen MR) is 51.6 cm³/mol. The highest BCUT2D eigenvalue weighted by Crippen LogP contribution is 2.10. The van der Waals surface area contributed by atoms with Crippen LogP contribution in [0, 0.1) is 0 Å². The third kappa shape index (κ3) is 2.99. The van der Waals surface area contributed by atoms with Gasteiger partial charge < -0.3 is 9.84 Å². The molecule has 0 fully saturated rings. The SMILES string of the molecule is COCCNS(=O)(=O)c1[nH]ncc1CO. The monoisotopic (exact) mass is 235 g/mol. The van der Waals surface area contributed by atoms with Crippen molar-refractivity contribution in [3.05, 3.63) is 11.8 Å². The number of hydrogen-bond acceptors (Lipinski definition) is 5. The Morgan fingerprint density at radius 3 is 3.00 bits per heavy atom. The van der Waals surface area contributed by atoms with E-state index in [1.54, 1.807) is 0 Å². The van der Waals surface area contributed by atoms with E-state index in [1.165, 1.54) is 13.3 Å². The molecule has 0 atom stereocenters. The van der Waals surface area contributed by atoms with Crippen molar-refractivity contribution < 1.29 is 18.3 Å². The summed E-state index contributed by atoms with van der Waals surface area (Å²) >= 11 is 0. The molecule has 0 aliphatic carbocycles. The van der Waals surface area contributed by atoms with Crippen molar-refractivity contribution in [3.63, 3.8) is 0 Å². The van der Waals surface area contributed by atoms with Crippen LogP contribution in [-0.2, 0) is 21.4 Å². The number of sulfonamides is 1. The van der Waals surface area contributed by atoms with Gasteiger partial charge in [0.15, 0.2) is 5.03 Å². The van der Waals surface area contributed by atoms with Crippen LogP contribution in [0.4, 0.5) is 0 Å². The second kappa shape index (κ2) is 5.21. The number of aromatic amines is 1. The zero-order chi connectivity index (χ0) is 11.3. The fraction of sp³-hybridized carbons (Fsp3) is 0.571. The van der Waals surface area contributed by atoms with Crippen LogP contribution in [0.2, 0.25) is 0 Å². The van der Waals surface area contributed by atoms with Gasteiger partial charge in [-0.3, -0.25) is 5.10 Å². The maximum Gasteiger partial charge on any atom is 0.257 e. The minimum Gasteiger partial charge on any atom is -0.392 e. The third-order valence-electron chi connectivity index (χ3n) is 1.72. The van der Waals surface area contributed by atoms with Gasteiger partial charge in [0.05, 0.1) is 19.4 Å². The molecule has 0 aliphatic rings. The fourth-order valence-corrected chi connectivity index (χ4v) is 2.13. The van der Waals surface area contributed by atoms with Crippen molar-refractivity contribution >= 4 is 10.0 Å². The second-order valence-electron chi connectivity index (χ2n) is 2.77. The molecule has 1 aromatic rings. The van der Waals surface area contributed by atoms with E-state index in [0.29, 0.717) is 0 Å². The van der Waals surface area contributed by atoms with Gasteiger partial charge >= 0.3 is 0 Å². The van der Waals surface area contributed by atoms with Crippen molar-refractivity contribution in [2.45, 2.75) is 11.6 Å². The van der Waals surface area contributed by atoms with Gasteiger partial charge in [-0.25, -0.2) is 13.1 Å². The zero-order valence-electron chi connectivity index (χ0n) is 8.23. The number of methoxy groups -OCH3 is 1. The number of aromatic nitrogens is 2. The van der Waals surface area contributed by atoms with E-state index in [2.05, 4.69) is 14.9 Å². The van der Waals surface area contributed by atoms with Gasteiger partial charge in [0.25, 0.3) is 10.0 Å². The summed E-state index contributed by atoms with van der Waals surface area (Å²) in [5, 5.41) is 14.6. The molecule has 0 unspecified atom stereocenters. The molecule has 1 heterocycles. The standard InChI is InChI=1S/C7H13N3O4S/c1-14-3-2-9-15(12,13)7-6(5-11)4-8-10-7/h4,9,11H,2-3,5H2,1H3,(H,8,10). The molecule has 7 nitrogen and oxygen atoms in total. The van der Waals surface area contributed by atoms with Gasteiger partial charge in [0.1, 0.15) is 0 Å². The molecular weight excluding hydrogens is 222 g/mol. The summed E-state index contributed by atoms with van der Waals surface area (Å²) < 4.78 is 30.2. The summed E-state index contributed by atoms with van der Waals surface area (Å²) in [5.74, 6) is 0. The topological polar surface area (TPSA) is 104 Å². The lowest BCUT2D eigenvalue weighted by Gasteiger charge is -2.05. The Labute approximate surface area is 87.5 Å². The summed E-state index contributed by atoms with van der Waals surface area (Å²) in [6.45, 7) is 0.0710. The molecule has 0 spiro atoms. The molecule has 86 valence electrons. The molecule has 0 saturated carbocycles. The van der Waals surface area contributed by atoms with Gasteiger partial charge in [0.2, 0.25) is 0 Å². The Morgan fingerprint density at radius 1 is 1.67 bits per heavy atom. The highest BCUT2D eigenvalue weighted by Gasteiger charge is 2.19. The van der Waals surface area contributed by atoms with Crippen molar-refractivity contribution in [2.75, 3.05) is 20.3 Å². The molecule has 15 heavy (non-hydrogen) atoms. The number of nitrogens with zero attached hydrogens (tertiary/aromatic N) is 1. The molecule has 1 rings (SSSR count). The van der Waals surface area contributed by atoms with E-state index in [-0.39, 0.29) is 30.3 Å². The highest BCUT2D eigenvalue weighted by molar-refractivity contribution is 7.89. The molecule has 8 heteroatoms. The molecule has 0 radical (unpaired) electrons. The number of ether oxygens (including phenoxy) is 1. The number of hydrogen-bond donors (Lipinski definition) is 3. The molecule has 0 aromatic carbocycles. The van der Waals surface area contributed by atoms with Gasteiger partial charge in [-0.05, 0) is 0 Å². The van der Waals surface area contributed by atoms with Crippen LogP contribution in [0.1, 0.15) is 5.56 Å². The average molecular weight is 235 g/mol. The van der Waals surface area contributed by atoms with Crippen molar-refractivity contribution in [1.82, 2.24) is 14.9 Å². The van der Waals surface area contributed by atoms with E-state index in [1.807, 2.05) is 0 Å². The molecule has 0 amide bonds. The van der Waals surface area contributed by atoms with E-state index in [0.717, 1.165) is 0 Å². The summed E-state index contributed by atoms with van der Waals surface area (Å²) in [7, 11) is -2.16. The van der Waals surface area contributed by atoms with Crippen molar-refractivity contribution in [1.29, 1.82) is 0 Å². The Balaban J connectivity index is 2.77. The quantitative estimate of drug-likeness (QED) is 0.539. The molecule has 0 bridgehead atoms. The Morgan fingerprint density at radius 2 is 2.40 bits per heavy atom. The summed E-state index contributed by atoms with van der Waals surface area (Å²) in [6.07, 6.45) is 1.27. The Bertz CT molecular complexity index is 400. The number of aliphatic hydroxyl groups excluding tert-OH is 1. The van der Waals surface area contributed by atoms with Gasteiger partial charge in [0, 0.05) is 19.2 Å². The van der Waals surface area contributed by atoms with Gasteiger partial charge in [-0.15, -0.1) is 0 Å². The van der Waals surface area contributed by atoms with Crippen LogP contribution < -0.4 is 4.72 Å². The Kier molecular flexibility index (Phi) is 4.21. The van der Waals surface area contributed by atoms with E-state index in [9.17, 15) is 8.42 Å². The van der Waals surface area contributed by atoms with E-state index in [4.69, 9.17) is 9.84 Å². The minimum absolute atomic E-state index is 0.110. The number of nitrogens with one attached hydrogen (secondary N) is 2. The zero-order valence-corrected chi connectivity index (χ0v) is 9.04. The first kappa shape index (κ1) is 12.1. The lowest BCUT2D eigenvalue weighted by molar-refractivity contribution is 0.204. The lowest BCUT2D eigenvalue weighted by atomic mass is 10.4. The smallest absolute Gasteiger partial charge is 0.257 e. The van der Waals surface area contributed by atoms with E-state index >= 15 is 0 Å². The van der Waals surface area contributed by atoms with Crippen LogP contribution in [0.15, 0.2) is 11.2 Å². The van der Waals surface area contributed by atoms with Crippen molar-refractivity contribution in [3.8, 4) is 0 Å². The molecule has 3 N–H and O–H groups in total. The summed E-state index contributed by atoms with van der Waals surface area (Å²) in [5.41, 5.74) is 0.236. The molecular formula is C7H13N3O4S. The number of rotatable bonds is 6. The lowest BCUT2D eigenvalue weighted by Crippen LogP contribution is -2.28. The second-order valence-corrected chi connectivity index (χ2v) is 4.48. The summed E-state index contributed by atoms with van der Waals surface area (Å²) in [6, 6.07) is 0. The maximum atomic E-state index is 11.6. The fourth-order valence-electron chi connectivity index (χ4n) is 0.995. The molecule has 0 aliphatic heterocycles. The maximum absolute atomic E-state index is 11.6. The van der Waals surface area contributed by atoms with Gasteiger partial charge in [-0.1, -0.05) is 0 Å². The first-order valence-electron chi connectivity index (χ1n) is 4.23. The Hall–Kier alpha value is -0.960. The highest BCUT2D eigenvalue weighted by atomic mass is 32.2. The predicted octanol–water partition coefficient (Wildman–Crippen LogP) is -1.17. The average Bonchev–Trinajstić information content (AvgIpc) is 2.66. The van der Waals surface area contributed by atoms with Crippen LogP contribution in [0.3, 0.4) is 0 Å². The normalized spacial score (nSPS) is 11.9. The summed E-state index contributed by atoms with van der Waals surface area (Å²) in [4.78, 5) is 0. The number of H-pyrrole nitrogens is 1. The minimum atomic E-state index is -3.64. The van der Waals surface area contributed by atoms with Crippen molar-refractivity contribution in [2.24, 2.45) is 0 Å². The van der Waals surface area contributed by atoms with Crippen LogP contribution in [0.25, 0.3) is 0 Å². The number of aliphatic hydroxyl groups is 1. The van der Waals surface area contributed by atoms with Gasteiger partial charge in [-0.2, -0.15) is 5.10 Å². The largest absolute Gasteiger partial charge is 0.392 e. The third-order valence-corrected chi connectivity index (χ3v) is 3.19. The van der Waals surface area contributed by atoms with E-state index < -0.39 is 10.0 Å². The molecule has 1 aromatic heterocycles. The first-order chi connectivity index (χ1) is 7.11. The van der Waals surface area contributed by atoms with Crippen LogP contribution in [0.5, 0.6) is 0 Å². The van der Waals surface area contributed by atoms with Crippen LogP contribution in [-0.4, -0.2) is 44.0 Å². The first-order valence-corrected chi connectivity index (χ1v) is 5.72. The molecule has 0 saturated heterocycles.